The molecule has 3 N–H and O–H groups in total. The molecule has 0 radical (unpaired) electrons. The number of piperidine rings is 1. The van der Waals surface area contributed by atoms with Gasteiger partial charge in [-0.3, -0.25) is 0 Å². The Morgan fingerprint density at radius 1 is 1.12 bits per heavy atom. The molecule has 0 spiro atoms. The monoisotopic (exact) mass is 457 g/mol. The molecule has 1 aliphatic carbocycles. The number of ether oxygens (including phenoxy) is 1. The third kappa shape index (κ3) is 7.45. The second kappa shape index (κ2) is 14.0. The van der Waals surface area contributed by atoms with Crippen LogP contribution in [-0.4, -0.2) is 50.8 Å². The van der Waals surface area contributed by atoms with Crippen LogP contribution >= 0.6 is 0 Å². The molecule has 1 aliphatic heterocycles. The molecule has 3 rings (SSSR count). The van der Waals surface area contributed by atoms with Crippen LogP contribution in [0.2, 0.25) is 0 Å². The molecule has 4 atom stereocenters. The lowest BCUT2D eigenvalue weighted by Gasteiger charge is -2.48. The number of carbonyl (C=O) groups is 1. The largest absolute Gasteiger partial charge is 0.385 e. The van der Waals surface area contributed by atoms with E-state index in [1.165, 1.54) is 50.5 Å². The van der Waals surface area contributed by atoms with Crippen molar-refractivity contribution >= 4 is 6.03 Å². The van der Waals surface area contributed by atoms with Crippen LogP contribution in [0.15, 0.2) is 30.3 Å². The Morgan fingerprint density at radius 2 is 1.88 bits per heavy atom. The average Bonchev–Trinajstić information content (AvgIpc) is 2.84. The molecule has 2 aliphatic rings. The molecule has 0 bridgehead atoms. The summed E-state index contributed by atoms with van der Waals surface area (Å²) in [7, 11) is 3.84. The van der Waals surface area contributed by atoms with Crippen molar-refractivity contribution in [2.75, 3.05) is 33.9 Å². The third-order valence-electron chi connectivity index (χ3n) is 8.19. The Labute approximate surface area is 201 Å². The van der Waals surface area contributed by atoms with Gasteiger partial charge in [-0.15, -0.1) is 0 Å². The average molecular weight is 458 g/mol. The van der Waals surface area contributed by atoms with E-state index in [0.29, 0.717) is 17.8 Å². The third-order valence-corrected chi connectivity index (χ3v) is 8.19. The van der Waals surface area contributed by atoms with E-state index >= 15 is 0 Å². The maximum absolute atomic E-state index is 12.7. The standard InChI is InChI=1S/C28H47N3O2/c1-30-21-24(20-22-12-5-3-6-13-22)27-26(17-11-18-31(27)28(29)32)25(16-9-10-19-33-2)23-14-7-4-8-15-23/h4,7-8,14-15,22,24-27,30H,3,5-6,9-13,16-21H2,1-2H3,(H2,29,32)/t24-,25-,26?,27?/m0/s1. The minimum atomic E-state index is -0.236. The maximum atomic E-state index is 12.7. The van der Waals surface area contributed by atoms with Crippen molar-refractivity contribution in [2.24, 2.45) is 23.5 Å². The van der Waals surface area contributed by atoms with Gasteiger partial charge in [0, 0.05) is 26.3 Å². The fourth-order valence-corrected chi connectivity index (χ4v) is 6.74. The Hall–Kier alpha value is -1.59. The molecule has 1 saturated heterocycles. The number of amides is 2. The molecule has 1 aromatic carbocycles. The maximum Gasteiger partial charge on any atom is 0.315 e. The Balaban J connectivity index is 1.89. The van der Waals surface area contributed by atoms with Crippen LogP contribution in [0.1, 0.15) is 82.1 Å². The molecule has 1 saturated carbocycles. The van der Waals surface area contributed by atoms with Crippen molar-refractivity contribution in [3.05, 3.63) is 35.9 Å². The summed E-state index contributed by atoms with van der Waals surface area (Å²) < 4.78 is 5.32. The fraction of sp³-hybridized carbons (Fsp3) is 0.750. The van der Waals surface area contributed by atoms with Crippen LogP contribution in [0.25, 0.3) is 0 Å². The molecule has 2 unspecified atom stereocenters. The number of urea groups is 1. The molecule has 1 aromatic rings. The van der Waals surface area contributed by atoms with E-state index in [-0.39, 0.29) is 12.1 Å². The van der Waals surface area contributed by atoms with Gasteiger partial charge in [0.15, 0.2) is 0 Å². The summed E-state index contributed by atoms with van der Waals surface area (Å²) in [5, 5.41) is 3.48. The van der Waals surface area contributed by atoms with Gasteiger partial charge in [-0.1, -0.05) is 68.9 Å². The van der Waals surface area contributed by atoms with Gasteiger partial charge in [-0.05, 0) is 74.9 Å². The van der Waals surface area contributed by atoms with E-state index in [1.807, 2.05) is 4.90 Å². The minimum Gasteiger partial charge on any atom is -0.385 e. The lowest BCUT2D eigenvalue weighted by molar-refractivity contribution is 0.0509. The van der Waals surface area contributed by atoms with Crippen LogP contribution in [0.5, 0.6) is 0 Å². The number of hydrogen-bond donors (Lipinski definition) is 2. The normalized spacial score (nSPS) is 23.9. The zero-order valence-corrected chi connectivity index (χ0v) is 21.0. The smallest absolute Gasteiger partial charge is 0.315 e. The zero-order chi connectivity index (χ0) is 23.5. The summed E-state index contributed by atoms with van der Waals surface area (Å²) in [5.41, 5.74) is 7.43. The van der Waals surface area contributed by atoms with Gasteiger partial charge < -0.3 is 20.7 Å². The highest BCUT2D eigenvalue weighted by atomic mass is 16.5. The Kier molecular flexibility index (Phi) is 11.0. The molecule has 0 aromatic heterocycles. The second-order valence-corrected chi connectivity index (χ2v) is 10.4. The predicted octanol–water partition coefficient (Wildman–Crippen LogP) is 5.55. The number of rotatable bonds is 12. The van der Waals surface area contributed by atoms with Crippen molar-refractivity contribution < 1.29 is 9.53 Å². The van der Waals surface area contributed by atoms with Gasteiger partial charge in [0.1, 0.15) is 0 Å². The van der Waals surface area contributed by atoms with E-state index in [0.717, 1.165) is 51.3 Å². The fourth-order valence-electron chi connectivity index (χ4n) is 6.74. The number of carbonyl (C=O) groups excluding carboxylic acids is 1. The van der Waals surface area contributed by atoms with Gasteiger partial charge in [-0.2, -0.15) is 0 Å². The molecule has 5 nitrogen and oxygen atoms in total. The number of unbranched alkanes of at least 4 members (excludes halogenated alkanes) is 1. The van der Waals surface area contributed by atoms with Crippen LogP contribution in [0, 0.1) is 17.8 Å². The summed E-state index contributed by atoms with van der Waals surface area (Å²) in [5.74, 6) is 2.12. The van der Waals surface area contributed by atoms with E-state index in [2.05, 4.69) is 42.7 Å². The Bertz CT molecular complexity index is 677. The quantitative estimate of drug-likeness (QED) is 0.404. The van der Waals surface area contributed by atoms with Crippen molar-refractivity contribution in [3.63, 3.8) is 0 Å². The Morgan fingerprint density at radius 3 is 2.55 bits per heavy atom. The summed E-state index contributed by atoms with van der Waals surface area (Å²) in [6.45, 7) is 2.56. The second-order valence-electron chi connectivity index (χ2n) is 10.4. The van der Waals surface area contributed by atoms with Gasteiger partial charge in [0.25, 0.3) is 0 Å². The van der Waals surface area contributed by atoms with Crippen molar-refractivity contribution in [2.45, 2.75) is 82.6 Å². The van der Waals surface area contributed by atoms with E-state index in [4.69, 9.17) is 10.5 Å². The first-order valence-corrected chi connectivity index (χ1v) is 13.4. The first kappa shape index (κ1) is 26.0. The van der Waals surface area contributed by atoms with Gasteiger partial charge in [0.2, 0.25) is 0 Å². The van der Waals surface area contributed by atoms with E-state index < -0.39 is 0 Å². The lowest BCUT2D eigenvalue weighted by atomic mass is 9.68. The number of nitrogens with two attached hydrogens (primary N) is 1. The SMILES string of the molecule is CNC[C@H](CC1CCCCC1)C1C([C@@H](CCCCOC)c2ccccc2)CCCN1C(N)=O. The van der Waals surface area contributed by atoms with Gasteiger partial charge in [-0.25, -0.2) is 4.79 Å². The number of likely N-dealkylation sites (tertiary alicyclic amines) is 1. The minimum absolute atomic E-state index is 0.207. The molecule has 5 heteroatoms. The molecule has 1 heterocycles. The van der Waals surface area contributed by atoms with Crippen LogP contribution in [-0.2, 0) is 4.74 Å². The number of methoxy groups -OCH3 is 1. The van der Waals surface area contributed by atoms with E-state index in [9.17, 15) is 4.79 Å². The number of primary amides is 1. The number of hydrogen-bond acceptors (Lipinski definition) is 3. The highest BCUT2D eigenvalue weighted by molar-refractivity contribution is 5.72. The predicted molar refractivity (Wildman–Crippen MR) is 136 cm³/mol. The highest BCUT2D eigenvalue weighted by Gasteiger charge is 2.42. The van der Waals surface area contributed by atoms with Gasteiger partial charge in [0.05, 0.1) is 0 Å². The molecular formula is C28H47N3O2. The van der Waals surface area contributed by atoms with Crippen LogP contribution in [0.4, 0.5) is 4.79 Å². The molecule has 2 fully saturated rings. The first-order chi connectivity index (χ1) is 16.2. The number of nitrogens with zero attached hydrogens (tertiary/aromatic N) is 1. The summed E-state index contributed by atoms with van der Waals surface area (Å²) >= 11 is 0. The van der Waals surface area contributed by atoms with Crippen LogP contribution in [0.3, 0.4) is 0 Å². The molecule has 33 heavy (non-hydrogen) atoms. The number of nitrogens with one attached hydrogen (secondary N) is 1. The molecule has 2 amide bonds. The highest BCUT2D eigenvalue weighted by Crippen LogP contribution is 2.43. The zero-order valence-electron chi connectivity index (χ0n) is 21.0. The van der Waals surface area contributed by atoms with Crippen molar-refractivity contribution in [1.29, 1.82) is 0 Å². The first-order valence-electron chi connectivity index (χ1n) is 13.4. The molecular weight excluding hydrogens is 410 g/mol. The summed E-state index contributed by atoms with van der Waals surface area (Å²) in [6.07, 6.45) is 13.6. The van der Waals surface area contributed by atoms with Crippen LogP contribution < -0.4 is 11.1 Å². The van der Waals surface area contributed by atoms with Gasteiger partial charge >= 0.3 is 6.03 Å². The van der Waals surface area contributed by atoms with Crippen molar-refractivity contribution in [3.8, 4) is 0 Å². The van der Waals surface area contributed by atoms with Crippen molar-refractivity contribution in [1.82, 2.24) is 10.2 Å². The summed E-state index contributed by atoms with van der Waals surface area (Å²) in [6, 6.07) is 11.0. The topological polar surface area (TPSA) is 67.6 Å². The summed E-state index contributed by atoms with van der Waals surface area (Å²) in [4.78, 5) is 14.7. The molecule has 186 valence electrons. The lowest BCUT2D eigenvalue weighted by Crippen LogP contribution is -2.57. The number of benzene rings is 1. The van der Waals surface area contributed by atoms with E-state index in [1.54, 1.807) is 7.11 Å².